The molecule has 3 aromatic rings. The van der Waals surface area contributed by atoms with Gasteiger partial charge in [-0.05, 0) is 59.7 Å². The van der Waals surface area contributed by atoms with Crippen LogP contribution in [0.1, 0.15) is 17.5 Å². The maximum absolute atomic E-state index is 13.0. The smallest absolute Gasteiger partial charge is 0.237 e. The Hall–Kier alpha value is -3.38. The van der Waals surface area contributed by atoms with E-state index in [9.17, 15) is 4.79 Å². The lowest BCUT2D eigenvalue weighted by atomic mass is 10.1. The third kappa shape index (κ3) is 4.96. The van der Waals surface area contributed by atoms with Crippen molar-refractivity contribution in [2.75, 3.05) is 24.3 Å². The summed E-state index contributed by atoms with van der Waals surface area (Å²) in [6.45, 7) is 4.30. The summed E-state index contributed by atoms with van der Waals surface area (Å²) in [6, 6.07) is 15.5. The van der Waals surface area contributed by atoms with Crippen LogP contribution >= 0.6 is 11.8 Å². The molecule has 0 spiro atoms. The molecule has 0 aliphatic rings. The predicted octanol–water partition coefficient (Wildman–Crippen LogP) is 3.33. The highest BCUT2D eigenvalue weighted by Gasteiger charge is 2.19. The molecular weight excluding hydrogens is 400 g/mol. The van der Waals surface area contributed by atoms with Crippen LogP contribution < -0.4 is 9.64 Å². The number of carbonyl (C=O) groups excluding carboxylic acids is 1. The molecule has 1 heterocycles. The molecule has 0 saturated heterocycles. The Kier molecular flexibility index (Phi) is 7.03. The quantitative estimate of drug-likeness (QED) is 0.514. The third-order valence-corrected chi connectivity index (χ3v) is 5.25. The first kappa shape index (κ1) is 21.3. The van der Waals surface area contributed by atoms with Gasteiger partial charge in [-0.2, -0.15) is 9.94 Å². The van der Waals surface area contributed by atoms with E-state index in [1.807, 2.05) is 56.3 Å². The first-order chi connectivity index (χ1) is 14.5. The number of anilines is 1. The summed E-state index contributed by atoms with van der Waals surface area (Å²) in [7, 11) is 1.58. The van der Waals surface area contributed by atoms with Crippen LogP contribution in [-0.4, -0.2) is 45.5 Å². The highest BCUT2D eigenvalue weighted by molar-refractivity contribution is 7.99. The zero-order valence-electron chi connectivity index (χ0n) is 17.1. The lowest BCUT2D eigenvalue weighted by Gasteiger charge is -2.22. The average Bonchev–Trinajstić information content (AvgIpc) is 3.20. The number of amides is 1. The molecule has 0 aliphatic heterocycles. The molecule has 8 nitrogen and oxygen atoms in total. The van der Waals surface area contributed by atoms with Gasteiger partial charge >= 0.3 is 0 Å². The van der Waals surface area contributed by atoms with Gasteiger partial charge < -0.3 is 9.64 Å². The second kappa shape index (κ2) is 9.89. The highest BCUT2D eigenvalue weighted by atomic mass is 32.2. The van der Waals surface area contributed by atoms with Gasteiger partial charge in [0, 0.05) is 12.2 Å². The molecule has 0 fully saturated rings. The first-order valence-electron chi connectivity index (χ1n) is 9.33. The summed E-state index contributed by atoms with van der Waals surface area (Å²) in [5.41, 5.74) is 3.60. The van der Waals surface area contributed by atoms with Crippen molar-refractivity contribution in [1.29, 1.82) is 5.26 Å². The summed E-state index contributed by atoms with van der Waals surface area (Å²) in [5, 5.41) is 21.3. The topological polar surface area (TPSA) is 96.9 Å². The molecule has 2 aromatic carbocycles. The van der Waals surface area contributed by atoms with Crippen LogP contribution in [0.4, 0.5) is 5.69 Å². The van der Waals surface area contributed by atoms with E-state index in [1.165, 1.54) is 11.8 Å². The van der Waals surface area contributed by atoms with Gasteiger partial charge in [-0.15, -0.1) is 5.10 Å². The summed E-state index contributed by atoms with van der Waals surface area (Å²) in [6.07, 6.45) is 0.252. The fourth-order valence-electron chi connectivity index (χ4n) is 3.10. The monoisotopic (exact) mass is 422 g/mol. The number of hydrogen-bond acceptors (Lipinski definition) is 7. The normalized spacial score (nSPS) is 10.5. The molecule has 1 amide bonds. The number of para-hydroxylation sites is 2. The fraction of sp³-hybridized carbons (Fsp3) is 0.286. The highest BCUT2D eigenvalue weighted by Crippen LogP contribution is 2.26. The summed E-state index contributed by atoms with van der Waals surface area (Å²) < 4.78 is 6.93. The van der Waals surface area contributed by atoms with Gasteiger partial charge in [-0.1, -0.05) is 30.0 Å². The number of nitriles is 1. The Morgan fingerprint density at radius 3 is 2.67 bits per heavy atom. The van der Waals surface area contributed by atoms with Crippen molar-refractivity contribution >= 4 is 23.4 Å². The molecule has 0 aliphatic carbocycles. The molecule has 9 heteroatoms. The molecule has 1 aromatic heterocycles. The molecule has 0 radical (unpaired) electrons. The minimum atomic E-state index is -0.116. The molecule has 0 unspecified atom stereocenters. The maximum atomic E-state index is 13.0. The SMILES string of the molecule is COc1ccccc1-n1nnnc1SCC(=O)N(CCC#N)c1cc(C)cc(C)c1. The molecular formula is C21H22N6O2S. The Bertz CT molecular complexity index is 1060. The number of carbonyl (C=O) groups is 1. The van der Waals surface area contributed by atoms with E-state index in [-0.39, 0.29) is 18.1 Å². The minimum Gasteiger partial charge on any atom is -0.494 e. The number of aromatic nitrogens is 4. The molecule has 3 rings (SSSR count). The van der Waals surface area contributed by atoms with Crippen molar-refractivity contribution in [3.05, 3.63) is 53.6 Å². The summed E-state index contributed by atoms with van der Waals surface area (Å²) in [5.74, 6) is 0.646. The lowest BCUT2D eigenvalue weighted by Crippen LogP contribution is -2.33. The molecule has 0 atom stereocenters. The molecule has 0 N–H and O–H groups in total. The van der Waals surface area contributed by atoms with E-state index in [0.29, 0.717) is 23.1 Å². The van der Waals surface area contributed by atoms with E-state index < -0.39 is 0 Å². The molecule has 0 saturated carbocycles. The largest absolute Gasteiger partial charge is 0.494 e. The fourth-order valence-corrected chi connectivity index (χ4v) is 3.85. The number of methoxy groups -OCH3 is 1. The number of rotatable bonds is 8. The zero-order chi connectivity index (χ0) is 21.5. The third-order valence-electron chi connectivity index (χ3n) is 4.35. The van der Waals surface area contributed by atoms with E-state index in [4.69, 9.17) is 10.00 Å². The van der Waals surface area contributed by atoms with Crippen molar-refractivity contribution in [2.24, 2.45) is 0 Å². The second-order valence-electron chi connectivity index (χ2n) is 6.63. The van der Waals surface area contributed by atoms with Crippen LogP contribution in [-0.2, 0) is 4.79 Å². The Labute approximate surface area is 179 Å². The van der Waals surface area contributed by atoms with E-state index in [2.05, 4.69) is 21.6 Å². The van der Waals surface area contributed by atoms with Crippen molar-refractivity contribution in [2.45, 2.75) is 25.4 Å². The average molecular weight is 423 g/mol. The van der Waals surface area contributed by atoms with Gasteiger partial charge in [0.15, 0.2) is 0 Å². The maximum Gasteiger partial charge on any atom is 0.237 e. The van der Waals surface area contributed by atoms with Crippen LogP contribution in [0.2, 0.25) is 0 Å². The first-order valence-corrected chi connectivity index (χ1v) is 10.3. The minimum absolute atomic E-state index is 0.116. The number of tetrazole rings is 1. The predicted molar refractivity (Wildman–Crippen MR) is 115 cm³/mol. The molecule has 154 valence electrons. The number of benzene rings is 2. The van der Waals surface area contributed by atoms with Crippen LogP contribution in [0.3, 0.4) is 0 Å². The summed E-state index contributed by atoms with van der Waals surface area (Å²) >= 11 is 1.24. The number of hydrogen-bond donors (Lipinski definition) is 0. The second-order valence-corrected chi connectivity index (χ2v) is 7.58. The molecule has 30 heavy (non-hydrogen) atoms. The van der Waals surface area contributed by atoms with Crippen molar-refractivity contribution in [3.8, 4) is 17.5 Å². The van der Waals surface area contributed by atoms with Crippen molar-refractivity contribution in [1.82, 2.24) is 20.2 Å². The lowest BCUT2D eigenvalue weighted by molar-refractivity contribution is -0.116. The Balaban J connectivity index is 1.80. The van der Waals surface area contributed by atoms with Crippen LogP contribution in [0.25, 0.3) is 5.69 Å². The zero-order valence-corrected chi connectivity index (χ0v) is 17.9. The van der Waals surface area contributed by atoms with Crippen molar-refractivity contribution < 1.29 is 9.53 Å². The number of aryl methyl sites for hydroxylation is 2. The Morgan fingerprint density at radius 1 is 1.23 bits per heavy atom. The van der Waals surface area contributed by atoms with E-state index in [0.717, 1.165) is 16.8 Å². The Morgan fingerprint density at radius 2 is 1.97 bits per heavy atom. The van der Waals surface area contributed by atoms with Gasteiger partial charge in [-0.3, -0.25) is 4.79 Å². The van der Waals surface area contributed by atoms with Gasteiger partial charge in [0.2, 0.25) is 11.1 Å². The van der Waals surface area contributed by atoms with Crippen LogP contribution in [0, 0.1) is 25.2 Å². The summed E-state index contributed by atoms with van der Waals surface area (Å²) in [4.78, 5) is 14.7. The van der Waals surface area contributed by atoms with Gasteiger partial charge in [0.05, 0.1) is 25.4 Å². The van der Waals surface area contributed by atoms with Gasteiger partial charge in [-0.25, -0.2) is 0 Å². The van der Waals surface area contributed by atoms with Crippen LogP contribution in [0.15, 0.2) is 47.6 Å². The van der Waals surface area contributed by atoms with E-state index in [1.54, 1.807) is 16.7 Å². The number of ether oxygens (including phenoxy) is 1. The number of nitrogens with zero attached hydrogens (tertiary/aromatic N) is 6. The van der Waals surface area contributed by atoms with Gasteiger partial charge in [0.1, 0.15) is 11.4 Å². The standard InChI is InChI=1S/C21H22N6O2S/c1-15-11-16(2)13-17(12-15)26(10-6-9-22)20(28)14-30-21-23-24-25-27(21)18-7-4-5-8-19(18)29-3/h4-5,7-8,11-13H,6,10,14H2,1-3H3. The number of thioether (sulfide) groups is 1. The van der Waals surface area contributed by atoms with Crippen molar-refractivity contribution in [3.63, 3.8) is 0 Å². The van der Waals surface area contributed by atoms with Gasteiger partial charge in [0.25, 0.3) is 0 Å². The molecule has 0 bridgehead atoms. The van der Waals surface area contributed by atoms with E-state index >= 15 is 0 Å². The van der Waals surface area contributed by atoms with Crippen LogP contribution in [0.5, 0.6) is 5.75 Å².